The second-order valence-corrected chi connectivity index (χ2v) is 11.7. The Morgan fingerprint density at radius 2 is 1.46 bits per heavy atom. The highest BCUT2D eigenvalue weighted by Crippen LogP contribution is 2.30. The van der Waals surface area contributed by atoms with E-state index < -0.39 is 0 Å². The molecule has 0 unspecified atom stereocenters. The number of nitrogens with zero attached hydrogens (tertiary/aromatic N) is 2. The Kier molecular flexibility index (Phi) is 17.7. The van der Waals surface area contributed by atoms with Crippen molar-refractivity contribution in [1.82, 2.24) is 4.90 Å². The number of hydrogen-bond acceptors (Lipinski definition) is 5. The lowest BCUT2D eigenvalue weighted by Gasteiger charge is -2.23. The molecule has 0 aliphatic carbocycles. The van der Waals surface area contributed by atoms with Crippen molar-refractivity contribution in [2.45, 2.75) is 104 Å². The van der Waals surface area contributed by atoms with Crippen molar-refractivity contribution in [1.29, 1.82) is 0 Å². The van der Waals surface area contributed by atoms with Crippen molar-refractivity contribution in [3.8, 4) is 11.5 Å². The van der Waals surface area contributed by atoms with Crippen molar-refractivity contribution in [2.75, 3.05) is 24.5 Å². The normalized spacial score (nSPS) is 12.3. The molecule has 1 aliphatic heterocycles. The van der Waals surface area contributed by atoms with E-state index in [1.54, 1.807) is 25.8 Å². The molecule has 1 heterocycles. The molecule has 1 aliphatic rings. The molecule has 0 saturated carbocycles. The average molecular weight is 648 g/mol. The minimum atomic E-state index is 0. The first kappa shape index (κ1) is 35.1. The first-order valence-corrected chi connectivity index (χ1v) is 16.3. The van der Waals surface area contributed by atoms with E-state index in [-0.39, 0.29) is 22.9 Å². The zero-order chi connectivity index (χ0) is 28.4. The fourth-order valence-electron chi connectivity index (χ4n) is 5.05. The van der Waals surface area contributed by atoms with Gasteiger partial charge < -0.3 is 19.3 Å². The van der Waals surface area contributed by atoms with Gasteiger partial charge in [-0.25, -0.2) is 0 Å². The Morgan fingerprint density at radius 3 is 2.02 bits per heavy atom. The van der Waals surface area contributed by atoms with Crippen LogP contribution in [0.25, 0.3) is 0 Å². The molecule has 0 fully saturated rings. The Hall–Kier alpha value is -2.12. The smallest absolute Gasteiger partial charge is 0.224 e. The van der Waals surface area contributed by atoms with Crippen LogP contribution in [0.4, 0.5) is 5.69 Å². The largest absolute Gasteiger partial charge is 0.493 e. The van der Waals surface area contributed by atoms with E-state index in [0.29, 0.717) is 13.2 Å². The standard InChI is InChI=1S/C34H50N2O3S.BrH/c1-4-5-6-7-8-9-10-11-12-13-14-15-23-39-34-25-31(18-21-33(34)38-3)27-36(29(2)37)32-19-16-30(17-20-32)26-35-22-24-40-28-35;/h16-22,24-25H,4-15,23,26-28H2,1-3H3;1H. The van der Waals surface area contributed by atoms with Crippen molar-refractivity contribution < 1.29 is 14.3 Å². The van der Waals surface area contributed by atoms with E-state index in [4.69, 9.17) is 9.47 Å². The van der Waals surface area contributed by atoms with Gasteiger partial charge in [-0.05, 0) is 47.2 Å². The van der Waals surface area contributed by atoms with Gasteiger partial charge in [-0.2, -0.15) is 0 Å². The molecule has 228 valence electrons. The van der Waals surface area contributed by atoms with E-state index in [2.05, 4.69) is 35.6 Å². The SMILES string of the molecule is Br.CCCCCCCCCCCCCCOc1cc(CN(C(C)=O)c2ccc(CN3C=CSC3)cc2)ccc1OC. The van der Waals surface area contributed by atoms with Crippen LogP contribution in [0.15, 0.2) is 54.1 Å². The summed E-state index contributed by atoms with van der Waals surface area (Å²) in [5.74, 6) is 2.48. The summed E-state index contributed by atoms with van der Waals surface area (Å²) in [5.41, 5.74) is 3.15. The molecular formula is C34H51BrN2O3S. The van der Waals surface area contributed by atoms with Gasteiger partial charge in [0.25, 0.3) is 0 Å². The molecular weight excluding hydrogens is 596 g/mol. The lowest BCUT2D eigenvalue weighted by Crippen LogP contribution is -2.27. The van der Waals surface area contributed by atoms with Gasteiger partial charge in [0.15, 0.2) is 11.5 Å². The summed E-state index contributed by atoms with van der Waals surface area (Å²) >= 11 is 1.80. The molecule has 0 spiro atoms. The summed E-state index contributed by atoms with van der Waals surface area (Å²) in [5, 5.41) is 2.12. The van der Waals surface area contributed by atoms with Crippen molar-refractivity contribution >= 4 is 40.3 Å². The number of halogens is 1. The highest BCUT2D eigenvalue weighted by molar-refractivity contribution is 8.93. The van der Waals surface area contributed by atoms with Crippen LogP contribution >= 0.6 is 28.7 Å². The minimum absolute atomic E-state index is 0. The van der Waals surface area contributed by atoms with Gasteiger partial charge in [-0.1, -0.05) is 95.8 Å². The minimum Gasteiger partial charge on any atom is -0.493 e. The maximum absolute atomic E-state index is 12.6. The quantitative estimate of drug-likeness (QED) is 0.134. The summed E-state index contributed by atoms with van der Waals surface area (Å²) in [6.45, 7) is 5.94. The molecule has 41 heavy (non-hydrogen) atoms. The zero-order valence-corrected chi connectivity index (χ0v) is 28.0. The Balaban J connectivity index is 0.00000588. The van der Waals surface area contributed by atoms with Gasteiger partial charge in [-0.3, -0.25) is 4.79 Å². The van der Waals surface area contributed by atoms with Crippen LogP contribution in [-0.4, -0.2) is 30.4 Å². The van der Waals surface area contributed by atoms with E-state index in [1.807, 2.05) is 35.2 Å². The Labute approximate surface area is 263 Å². The van der Waals surface area contributed by atoms with Gasteiger partial charge >= 0.3 is 0 Å². The highest BCUT2D eigenvalue weighted by atomic mass is 79.9. The molecule has 0 N–H and O–H groups in total. The van der Waals surface area contributed by atoms with Gasteiger partial charge in [0, 0.05) is 25.4 Å². The van der Waals surface area contributed by atoms with Gasteiger partial charge in [-0.15, -0.1) is 28.7 Å². The number of benzene rings is 2. The summed E-state index contributed by atoms with van der Waals surface area (Å²) in [7, 11) is 1.67. The van der Waals surface area contributed by atoms with Gasteiger partial charge in [0.1, 0.15) is 0 Å². The Morgan fingerprint density at radius 1 is 0.854 bits per heavy atom. The van der Waals surface area contributed by atoms with Crippen molar-refractivity contribution in [2.24, 2.45) is 0 Å². The number of methoxy groups -OCH3 is 1. The molecule has 1 amide bonds. The summed E-state index contributed by atoms with van der Waals surface area (Å²) in [4.78, 5) is 16.7. The van der Waals surface area contributed by atoms with Crippen LogP contribution in [-0.2, 0) is 17.9 Å². The third-order valence-electron chi connectivity index (χ3n) is 7.45. The van der Waals surface area contributed by atoms with E-state index >= 15 is 0 Å². The first-order chi connectivity index (χ1) is 19.6. The van der Waals surface area contributed by atoms with Crippen LogP contribution in [0, 0.1) is 0 Å². The number of unbranched alkanes of at least 4 members (excludes halogenated alkanes) is 11. The number of carbonyl (C=O) groups is 1. The number of anilines is 1. The van der Waals surface area contributed by atoms with Crippen LogP contribution in [0.3, 0.4) is 0 Å². The Bertz CT molecular complexity index is 1030. The molecule has 0 saturated heterocycles. The molecule has 5 nitrogen and oxygen atoms in total. The van der Waals surface area contributed by atoms with Gasteiger partial charge in [0.05, 0.1) is 26.1 Å². The van der Waals surface area contributed by atoms with E-state index in [0.717, 1.165) is 41.6 Å². The average Bonchev–Trinajstić information content (AvgIpc) is 3.48. The predicted octanol–water partition coefficient (Wildman–Crippen LogP) is 9.88. The molecule has 7 heteroatoms. The molecule has 0 aromatic heterocycles. The fourth-order valence-corrected chi connectivity index (χ4v) is 5.76. The van der Waals surface area contributed by atoms with Crippen LogP contribution < -0.4 is 14.4 Å². The second-order valence-electron chi connectivity index (χ2n) is 10.8. The van der Waals surface area contributed by atoms with Crippen LogP contribution in [0.5, 0.6) is 11.5 Å². The van der Waals surface area contributed by atoms with E-state index in [1.165, 1.54) is 76.2 Å². The van der Waals surface area contributed by atoms with Crippen molar-refractivity contribution in [3.05, 3.63) is 65.2 Å². The molecule has 0 radical (unpaired) electrons. The third kappa shape index (κ3) is 13.2. The summed E-state index contributed by atoms with van der Waals surface area (Å²) in [6.07, 6.45) is 18.0. The summed E-state index contributed by atoms with van der Waals surface area (Å²) < 4.78 is 11.7. The second kappa shape index (κ2) is 20.7. The third-order valence-corrected chi connectivity index (χ3v) is 8.24. The lowest BCUT2D eigenvalue weighted by atomic mass is 10.1. The van der Waals surface area contributed by atoms with Gasteiger partial charge in [0.2, 0.25) is 5.91 Å². The molecule has 2 aromatic carbocycles. The molecule has 0 atom stereocenters. The van der Waals surface area contributed by atoms with Crippen LogP contribution in [0.1, 0.15) is 102 Å². The maximum atomic E-state index is 12.6. The van der Waals surface area contributed by atoms with Crippen molar-refractivity contribution in [3.63, 3.8) is 0 Å². The van der Waals surface area contributed by atoms with E-state index in [9.17, 15) is 4.79 Å². The number of hydrogen-bond donors (Lipinski definition) is 0. The maximum Gasteiger partial charge on any atom is 0.224 e. The van der Waals surface area contributed by atoms with Crippen LogP contribution in [0.2, 0.25) is 0 Å². The molecule has 3 rings (SSSR count). The lowest BCUT2D eigenvalue weighted by molar-refractivity contribution is -0.116. The molecule has 2 aromatic rings. The summed E-state index contributed by atoms with van der Waals surface area (Å²) in [6, 6.07) is 14.3. The fraction of sp³-hybridized carbons (Fsp3) is 0.559. The number of rotatable bonds is 20. The first-order valence-electron chi connectivity index (χ1n) is 15.3. The topological polar surface area (TPSA) is 42.0 Å². The predicted molar refractivity (Wildman–Crippen MR) is 180 cm³/mol. The molecule has 0 bridgehead atoms. The number of thioether (sulfide) groups is 1. The number of ether oxygens (including phenoxy) is 2. The number of amides is 1. The monoisotopic (exact) mass is 646 g/mol. The number of carbonyl (C=O) groups excluding carboxylic acids is 1. The highest BCUT2D eigenvalue weighted by Gasteiger charge is 2.15. The zero-order valence-electron chi connectivity index (χ0n) is 25.4.